The maximum absolute atomic E-state index is 12.6. The number of halogens is 1. The summed E-state index contributed by atoms with van der Waals surface area (Å²) in [7, 11) is -3.70. The molecule has 112 valence electrons. The lowest BCUT2D eigenvalue weighted by molar-refractivity contribution is 0.600. The predicted octanol–water partition coefficient (Wildman–Crippen LogP) is 2.72. The molecule has 2 aromatic rings. The van der Waals surface area contributed by atoms with Crippen LogP contribution in [-0.2, 0) is 16.6 Å². The Balaban J connectivity index is 2.50. The van der Waals surface area contributed by atoms with Crippen LogP contribution in [0.3, 0.4) is 0 Å². The number of aryl methyl sites for hydroxylation is 2. The largest absolute Gasteiger partial charge is 0.326 e. The van der Waals surface area contributed by atoms with Gasteiger partial charge in [-0.05, 0) is 58.6 Å². The predicted molar refractivity (Wildman–Crippen MR) is 86.6 cm³/mol. The third-order valence-electron chi connectivity index (χ3n) is 3.07. The van der Waals surface area contributed by atoms with E-state index in [0.717, 1.165) is 16.7 Å². The summed E-state index contributed by atoms with van der Waals surface area (Å²) >= 11 is 3.34. The van der Waals surface area contributed by atoms with Crippen molar-refractivity contribution in [3.63, 3.8) is 0 Å². The van der Waals surface area contributed by atoms with Gasteiger partial charge in [-0.25, -0.2) is 8.42 Å². The number of nitrogens with two attached hydrogens (primary N) is 1. The van der Waals surface area contributed by atoms with Gasteiger partial charge in [0, 0.05) is 23.4 Å². The Morgan fingerprint density at radius 1 is 1.29 bits per heavy atom. The van der Waals surface area contributed by atoms with Gasteiger partial charge in [-0.2, -0.15) is 0 Å². The van der Waals surface area contributed by atoms with Crippen molar-refractivity contribution >= 4 is 31.6 Å². The Bertz CT molecular complexity index is 776. The highest BCUT2D eigenvalue weighted by atomic mass is 79.9. The van der Waals surface area contributed by atoms with Crippen molar-refractivity contribution in [1.82, 2.24) is 4.98 Å². The second-order valence-electron chi connectivity index (χ2n) is 4.73. The molecule has 5 nitrogen and oxygen atoms in total. The molecule has 0 aliphatic heterocycles. The number of hydrogen-bond donors (Lipinski definition) is 2. The summed E-state index contributed by atoms with van der Waals surface area (Å²) < 4.78 is 28.3. The summed E-state index contributed by atoms with van der Waals surface area (Å²) in [4.78, 5) is 4.13. The van der Waals surface area contributed by atoms with Crippen LogP contribution in [0, 0.1) is 13.8 Å². The minimum Gasteiger partial charge on any atom is -0.326 e. The molecule has 0 unspecified atom stereocenters. The minimum absolute atomic E-state index is 0.180. The summed E-state index contributed by atoms with van der Waals surface area (Å²) in [6.07, 6.45) is 3.15. The summed E-state index contributed by atoms with van der Waals surface area (Å²) in [6, 6.07) is 5.07. The highest BCUT2D eigenvalue weighted by Gasteiger charge is 2.20. The molecule has 0 aliphatic rings. The molecular weight excluding hydrogens is 354 g/mol. The Morgan fingerprint density at radius 3 is 2.62 bits per heavy atom. The first kappa shape index (κ1) is 15.9. The SMILES string of the molecule is Cc1cnccc1NS(=O)(=O)c1cc(CN)cc(C)c1Br. The van der Waals surface area contributed by atoms with E-state index in [1.165, 1.54) is 0 Å². The van der Waals surface area contributed by atoms with Crippen LogP contribution in [0.15, 0.2) is 40.0 Å². The van der Waals surface area contributed by atoms with Crippen LogP contribution in [-0.4, -0.2) is 13.4 Å². The zero-order valence-corrected chi connectivity index (χ0v) is 14.1. The van der Waals surface area contributed by atoms with E-state index in [0.29, 0.717) is 10.2 Å². The number of benzene rings is 1. The van der Waals surface area contributed by atoms with E-state index in [-0.39, 0.29) is 11.4 Å². The molecule has 1 aromatic carbocycles. The fourth-order valence-electron chi connectivity index (χ4n) is 1.91. The van der Waals surface area contributed by atoms with Crippen LogP contribution in [0.25, 0.3) is 0 Å². The van der Waals surface area contributed by atoms with Crippen LogP contribution in [0.4, 0.5) is 5.69 Å². The Morgan fingerprint density at radius 2 is 2.00 bits per heavy atom. The fourth-order valence-corrected chi connectivity index (χ4v) is 4.11. The normalized spacial score (nSPS) is 11.4. The monoisotopic (exact) mass is 369 g/mol. The lowest BCUT2D eigenvalue weighted by Crippen LogP contribution is -2.15. The molecule has 0 aliphatic carbocycles. The van der Waals surface area contributed by atoms with Crippen molar-refractivity contribution in [2.24, 2.45) is 5.73 Å². The number of pyridine rings is 1. The molecule has 7 heteroatoms. The molecule has 3 N–H and O–H groups in total. The Kier molecular flexibility index (Phi) is 4.65. The summed E-state index contributed by atoms with van der Waals surface area (Å²) in [5.41, 5.74) is 8.47. The van der Waals surface area contributed by atoms with Crippen LogP contribution < -0.4 is 10.5 Å². The van der Waals surface area contributed by atoms with E-state index in [1.807, 2.05) is 13.0 Å². The van der Waals surface area contributed by atoms with E-state index in [4.69, 9.17) is 5.73 Å². The maximum atomic E-state index is 12.6. The maximum Gasteiger partial charge on any atom is 0.263 e. The van der Waals surface area contributed by atoms with Crippen LogP contribution >= 0.6 is 15.9 Å². The molecule has 0 bridgehead atoms. The molecule has 21 heavy (non-hydrogen) atoms. The molecule has 0 fully saturated rings. The highest BCUT2D eigenvalue weighted by Crippen LogP contribution is 2.29. The first-order chi connectivity index (χ1) is 9.85. The quantitative estimate of drug-likeness (QED) is 0.867. The van der Waals surface area contributed by atoms with E-state index in [9.17, 15) is 8.42 Å². The smallest absolute Gasteiger partial charge is 0.263 e. The number of anilines is 1. The van der Waals surface area contributed by atoms with Crippen LogP contribution in [0.1, 0.15) is 16.7 Å². The number of nitrogens with zero attached hydrogens (tertiary/aromatic N) is 1. The molecule has 0 radical (unpaired) electrons. The molecule has 0 saturated heterocycles. The molecular formula is C14H16BrN3O2S. The van der Waals surface area contributed by atoms with Gasteiger partial charge >= 0.3 is 0 Å². The number of sulfonamides is 1. The first-order valence-electron chi connectivity index (χ1n) is 6.27. The average molecular weight is 370 g/mol. The molecule has 1 aromatic heterocycles. The van der Waals surface area contributed by atoms with Gasteiger partial charge in [0.1, 0.15) is 4.90 Å². The average Bonchev–Trinajstić information content (AvgIpc) is 2.43. The van der Waals surface area contributed by atoms with E-state index in [1.54, 1.807) is 31.5 Å². The van der Waals surface area contributed by atoms with E-state index < -0.39 is 10.0 Å². The number of nitrogens with one attached hydrogen (secondary N) is 1. The van der Waals surface area contributed by atoms with Crippen LogP contribution in [0.2, 0.25) is 0 Å². The number of hydrogen-bond acceptors (Lipinski definition) is 4. The van der Waals surface area contributed by atoms with Crippen molar-refractivity contribution in [3.8, 4) is 0 Å². The molecule has 0 spiro atoms. The van der Waals surface area contributed by atoms with Gasteiger partial charge in [-0.15, -0.1) is 0 Å². The van der Waals surface area contributed by atoms with E-state index in [2.05, 4.69) is 25.6 Å². The number of aromatic nitrogens is 1. The lowest BCUT2D eigenvalue weighted by Gasteiger charge is -2.14. The summed E-state index contributed by atoms with van der Waals surface area (Å²) in [6.45, 7) is 3.91. The van der Waals surface area contributed by atoms with Crippen molar-refractivity contribution in [2.75, 3.05) is 4.72 Å². The zero-order chi connectivity index (χ0) is 15.6. The molecule has 2 rings (SSSR count). The van der Waals surface area contributed by atoms with Gasteiger partial charge in [0.25, 0.3) is 10.0 Å². The van der Waals surface area contributed by atoms with Crippen molar-refractivity contribution < 1.29 is 8.42 Å². The first-order valence-corrected chi connectivity index (χ1v) is 8.55. The zero-order valence-electron chi connectivity index (χ0n) is 11.7. The van der Waals surface area contributed by atoms with Crippen molar-refractivity contribution in [3.05, 3.63) is 51.8 Å². The molecule has 0 atom stereocenters. The van der Waals surface area contributed by atoms with Gasteiger partial charge in [0.2, 0.25) is 0 Å². The van der Waals surface area contributed by atoms with Crippen molar-refractivity contribution in [2.45, 2.75) is 25.3 Å². The molecule has 1 heterocycles. The van der Waals surface area contributed by atoms with Gasteiger partial charge in [0.05, 0.1) is 5.69 Å². The topological polar surface area (TPSA) is 85.1 Å². The fraction of sp³-hybridized carbons (Fsp3) is 0.214. The number of rotatable bonds is 4. The molecule has 0 saturated carbocycles. The van der Waals surface area contributed by atoms with Crippen molar-refractivity contribution in [1.29, 1.82) is 0 Å². The van der Waals surface area contributed by atoms with Gasteiger partial charge < -0.3 is 5.73 Å². The second-order valence-corrected chi connectivity index (χ2v) is 7.17. The third-order valence-corrected chi connectivity index (χ3v) is 5.78. The third kappa shape index (κ3) is 3.42. The van der Waals surface area contributed by atoms with Gasteiger partial charge in [0.15, 0.2) is 0 Å². The second kappa shape index (κ2) is 6.13. The summed E-state index contributed by atoms with van der Waals surface area (Å²) in [5.74, 6) is 0. The Labute approximate surface area is 132 Å². The standard InChI is InChI=1S/C14H16BrN3O2S/c1-9-5-11(7-16)6-13(14(9)15)21(19,20)18-12-3-4-17-8-10(12)2/h3-6,8H,7,16H2,1-2H3,(H,17,18). The minimum atomic E-state index is -3.70. The van der Waals surface area contributed by atoms with Crippen LogP contribution in [0.5, 0.6) is 0 Å². The molecule has 0 amide bonds. The van der Waals surface area contributed by atoms with Gasteiger partial charge in [-0.3, -0.25) is 9.71 Å². The Hall–Kier alpha value is -1.44. The lowest BCUT2D eigenvalue weighted by atomic mass is 10.1. The van der Waals surface area contributed by atoms with Gasteiger partial charge in [-0.1, -0.05) is 6.07 Å². The highest BCUT2D eigenvalue weighted by molar-refractivity contribution is 9.10. The summed E-state index contributed by atoms with van der Waals surface area (Å²) in [5, 5.41) is 0. The van der Waals surface area contributed by atoms with E-state index >= 15 is 0 Å².